The fourth-order valence-corrected chi connectivity index (χ4v) is 4.45. The van der Waals surface area contributed by atoms with Crippen molar-refractivity contribution in [2.45, 2.75) is 38.7 Å². The van der Waals surface area contributed by atoms with Crippen LogP contribution < -0.4 is 0 Å². The summed E-state index contributed by atoms with van der Waals surface area (Å²) in [5.41, 5.74) is 3.17. The summed E-state index contributed by atoms with van der Waals surface area (Å²) < 4.78 is 7.96. The van der Waals surface area contributed by atoms with Crippen molar-refractivity contribution in [1.82, 2.24) is 29.6 Å². The number of amides is 1. The molecule has 2 aliphatic heterocycles. The Morgan fingerprint density at radius 2 is 1.97 bits per heavy atom. The number of carbonyl (C=O) groups is 1. The van der Waals surface area contributed by atoms with Crippen LogP contribution in [0.25, 0.3) is 5.82 Å². The molecule has 0 unspecified atom stereocenters. The molecule has 5 rings (SSSR count). The monoisotopic (exact) mass is 404 g/mol. The molecule has 8 nitrogen and oxygen atoms in total. The molecule has 0 aromatic carbocycles. The van der Waals surface area contributed by atoms with Gasteiger partial charge in [0, 0.05) is 25.5 Å². The predicted molar refractivity (Wildman–Crippen MR) is 109 cm³/mol. The van der Waals surface area contributed by atoms with Crippen LogP contribution in [0, 0.1) is 13.8 Å². The largest absolute Gasteiger partial charge is 0.368 e. The van der Waals surface area contributed by atoms with E-state index in [0.29, 0.717) is 31.1 Å². The minimum Gasteiger partial charge on any atom is -0.368 e. The topological polar surface area (TPSA) is 86.0 Å². The first-order valence-corrected chi connectivity index (χ1v) is 10.3. The molecule has 30 heavy (non-hydrogen) atoms. The number of hydrogen-bond acceptors (Lipinski definition) is 6. The molecule has 0 N–H and O–H groups in total. The molecular formula is C22H24N6O2. The lowest BCUT2D eigenvalue weighted by atomic mass is 9.83. The van der Waals surface area contributed by atoms with Crippen LogP contribution in [-0.4, -0.2) is 55.2 Å². The van der Waals surface area contributed by atoms with E-state index in [0.717, 1.165) is 36.5 Å². The summed E-state index contributed by atoms with van der Waals surface area (Å²) >= 11 is 0. The Balaban J connectivity index is 1.36. The molecule has 1 spiro atoms. The zero-order valence-electron chi connectivity index (χ0n) is 17.2. The van der Waals surface area contributed by atoms with E-state index in [1.807, 2.05) is 43.1 Å². The summed E-state index contributed by atoms with van der Waals surface area (Å²) in [5.74, 6) is 1.46. The molecular weight excluding hydrogens is 380 g/mol. The summed E-state index contributed by atoms with van der Waals surface area (Å²) in [6.45, 7) is 5.72. The summed E-state index contributed by atoms with van der Waals surface area (Å²) in [6.07, 6.45) is 7.58. The molecule has 3 aromatic heterocycles. The highest BCUT2D eigenvalue weighted by molar-refractivity contribution is 5.95. The van der Waals surface area contributed by atoms with Crippen molar-refractivity contribution in [3.63, 3.8) is 0 Å². The van der Waals surface area contributed by atoms with Gasteiger partial charge in [0.05, 0.1) is 29.8 Å². The van der Waals surface area contributed by atoms with Crippen molar-refractivity contribution < 1.29 is 9.53 Å². The van der Waals surface area contributed by atoms with Crippen molar-refractivity contribution in [1.29, 1.82) is 0 Å². The van der Waals surface area contributed by atoms with E-state index < -0.39 is 5.60 Å². The highest BCUT2D eigenvalue weighted by Gasteiger charge is 2.43. The molecule has 8 heteroatoms. The molecule has 1 amide bonds. The van der Waals surface area contributed by atoms with Gasteiger partial charge in [0.2, 0.25) is 0 Å². The zero-order chi connectivity index (χ0) is 20.7. The number of aryl methyl sites for hydroxylation is 1. The third-order valence-corrected chi connectivity index (χ3v) is 6.13. The van der Waals surface area contributed by atoms with Crippen LogP contribution in [0.15, 0.2) is 36.8 Å². The van der Waals surface area contributed by atoms with Crippen LogP contribution in [0.4, 0.5) is 0 Å². The number of fused-ring (bicyclic) bond motifs is 2. The number of rotatable bonds is 2. The van der Waals surface area contributed by atoms with Crippen LogP contribution >= 0.6 is 0 Å². The van der Waals surface area contributed by atoms with Crippen molar-refractivity contribution in [2.75, 3.05) is 19.7 Å². The molecule has 3 aromatic rings. The Morgan fingerprint density at radius 1 is 1.13 bits per heavy atom. The van der Waals surface area contributed by atoms with Crippen molar-refractivity contribution in [3.8, 4) is 5.82 Å². The lowest BCUT2D eigenvalue weighted by molar-refractivity contribution is -0.0968. The van der Waals surface area contributed by atoms with Gasteiger partial charge in [-0.1, -0.05) is 6.07 Å². The van der Waals surface area contributed by atoms with E-state index in [1.165, 1.54) is 5.56 Å². The van der Waals surface area contributed by atoms with E-state index >= 15 is 0 Å². The summed E-state index contributed by atoms with van der Waals surface area (Å²) in [7, 11) is 0. The second-order valence-corrected chi connectivity index (χ2v) is 7.92. The van der Waals surface area contributed by atoms with Gasteiger partial charge < -0.3 is 9.64 Å². The van der Waals surface area contributed by atoms with Gasteiger partial charge >= 0.3 is 0 Å². The normalized spacial score (nSPS) is 17.7. The fraction of sp³-hybridized carbons (Fsp3) is 0.409. The average molecular weight is 404 g/mol. The summed E-state index contributed by atoms with van der Waals surface area (Å²) in [4.78, 5) is 28.5. The molecule has 0 radical (unpaired) electrons. The maximum absolute atomic E-state index is 13.2. The highest BCUT2D eigenvalue weighted by atomic mass is 16.5. The number of hydrogen-bond donors (Lipinski definition) is 0. The smallest absolute Gasteiger partial charge is 0.257 e. The van der Waals surface area contributed by atoms with Gasteiger partial charge in [0.1, 0.15) is 11.4 Å². The van der Waals surface area contributed by atoms with Gasteiger partial charge in [-0.3, -0.25) is 4.79 Å². The second kappa shape index (κ2) is 7.28. The third kappa shape index (κ3) is 3.08. The number of carbonyl (C=O) groups excluding carboxylic acids is 1. The Hall–Kier alpha value is -3.13. The van der Waals surface area contributed by atoms with Crippen molar-refractivity contribution >= 4 is 5.91 Å². The van der Waals surface area contributed by atoms with Crippen molar-refractivity contribution in [2.24, 2.45) is 0 Å². The quantitative estimate of drug-likeness (QED) is 0.652. The Morgan fingerprint density at radius 3 is 2.73 bits per heavy atom. The SMILES string of the molecule is Cc1ncc2c(n1)C1(CCN(C(=O)c3cnn(-c4ccccn4)c3C)CC1)OCC2. The van der Waals surface area contributed by atoms with Gasteiger partial charge in [-0.2, -0.15) is 5.10 Å². The Labute approximate surface area is 174 Å². The second-order valence-electron chi connectivity index (χ2n) is 7.92. The lowest BCUT2D eigenvalue weighted by Crippen LogP contribution is -2.49. The predicted octanol–water partition coefficient (Wildman–Crippen LogP) is 2.38. The van der Waals surface area contributed by atoms with Crippen LogP contribution in [0.1, 0.15) is 46.0 Å². The standard InChI is InChI=1S/C22H24N6O2/c1-15-18(14-25-28(15)19-5-3-4-9-23-19)21(29)27-10-7-22(8-11-27)20-17(6-12-30-22)13-24-16(2)26-20/h3-5,9,13-14H,6-8,10-12H2,1-2H3. The first-order chi connectivity index (χ1) is 14.6. The first kappa shape index (κ1) is 18.9. The van der Waals surface area contributed by atoms with Gasteiger partial charge in [0.25, 0.3) is 5.91 Å². The van der Waals surface area contributed by atoms with Crippen LogP contribution in [0.5, 0.6) is 0 Å². The van der Waals surface area contributed by atoms with Gasteiger partial charge in [-0.15, -0.1) is 0 Å². The molecule has 2 aliphatic rings. The summed E-state index contributed by atoms with van der Waals surface area (Å²) in [6, 6.07) is 5.64. The number of aromatic nitrogens is 5. The Kier molecular flexibility index (Phi) is 4.58. The minimum absolute atomic E-state index is 0.000526. The highest BCUT2D eigenvalue weighted by Crippen LogP contribution is 2.40. The summed E-state index contributed by atoms with van der Waals surface area (Å²) in [5, 5.41) is 4.39. The van der Waals surface area contributed by atoms with E-state index in [9.17, 15) is 4.79 Å². The van der Waals surface area contributed by atoms with Crippen LogP contribution in [-0.2, 0) is 16.8 Å². The molecule has 0 bridgehead atoms. The average Bonchev–Trinajstić information content (AvgIpc) is 3.16. The number of piperidine rings is 1. The number of ether oxygens (including phenoxy) is 1. The maximum Gasteiger partial charge on any atom is 0.257 e. The van der Waals surface area contributed by atoms with E-state index in [-0.39, 0.29) is 5.91 Å². The molecule has 0 atom stereocenters. The molecule has 1 fully saturated rings. The van der Waals surface area contributed by atoms with Crippen LogP contribution in [0.3, 0.4) is 0 Å². The van der Waals surface area contributed by atoms with Crippen molar-refractivity contribution in [3.05, 3.63) is 65.1 Å². The van der Waals surface area contributed by atoms with E-state index in [4.69, 9.17) is 9.72 Å². The van der Waals surface area contributed by atoms with Gasteiger partial charge in [-0.25, -0.2) is 19.6 Å². The van der Waals surface area contributed by atoms with E-state index in [2.05, 4.69) is 15.1 Å². The third-order valence-electron chi connectivity index (χ3n) is 6.13. The van der Waals surface area contributed by atoms with Gasteiger partial charge in [-0.05, 0) is 50.8 Å². The lowest BCUT2D eigenvalue weighted by Gasteiger charge is -2.44. The van der Waals surface area contributed by atoms with Gasteiger partial charge in [0.15, 0.2) is 5.82 Å². The fourth-order valence-electron chi connectivity index (χ4n) is 4.45. The Bertz CT molecular complexity index is 1090. The first-order valence-electron chi connectivity index (χ1n) is 10.3. The van der Waals surface area contributed by atoms with Crippen LogP contribution in [0.2, 0.25) is 0 Å². The number of pyridine rings is 1. The molecule has 154 valence electrons. The minimum atomic E-state index is -0.411. The molecule has 0 saturated carbocycles. The van der Waals surface area contributed by atoms with E-state index in [1.54, 1.807) is 17.1 Å². The zero-order valence-corrected chi connectivity index (χ0v) is 17.2. The molecule has 5 heterocycles. The number of likely N-dealkylation sites (tertiary alicyclic amines) is 1. The molecule has 1 saturated heterocycles. The maximum atomic E-state index is 13.2. The number of nitrogens with zero attached hydrogens (tertiary/aromatic N) is 6. The molecule has 0 aliphatic carbocycles.